The van der Waals surface area contributed by atoms with Crippen LogP contribution in [0.3, 0.4) is 0 Å². The Balaban J connectivity index is 0.000000108. The van der Waals surface area contributed by atoms with Crippen LogP contribution in [0.2, 0.25) is 0 Å². The molecule has 16 nitrogen and oxygen atoms in total. The number of benzene rings is 2. The van der Waals surface area contributed by atoms with E-state index in [1.165, 1.54) is 153 Å². The molecule has 8 aliphatic heterocycles. The lowest BCUT2D eigenvalue weighted by molar-refractivity contribution is -0.273. The number of allylic oxidation sites excluding steroid dienone is 3. The van der Waals surface area contributed by atoms with Crippen molar-refractivity contribution in [3.05, 3.63) is 95.1 Å². The van der Waals surface area contributed by atoms with Crippen LogP contribution in [0.1, 0.15) is 365 Å². The Bertz CT molecular complexity index is 4740. The normalized spacial score (nSPS) is 55.4. The van der Waals surface area contributed by atoms with Gasteiger partial charge in [-0.25, -0.2) is 0 Å². The quantitative estimate of drug-likeness (QED) is 0.205. The molecule has 138 heavy (non-hydrogen) atoms. The molecule has 8 heterocycles. The van der Waals surface area contributed by atoms with Crippen LogP contribution in [0, 0.1) is 197 Å². The second-order valence-electron chi connectivity index (χ2n) is 54.9. The average molecular weight is 1900 g/mol. The summed E-state index contributed by atoms with van der Waals surface area (Å²) in [5.74, 6) is 16.9. The van der Waals surface area contributed by atoms with Crippen LogP contribution in [0.15, 0.2) is 84.0 Å². The highest BCUT2D eigenvalue weighted by Crippen LogP contribution is 2.78. The highest BCUT2D eigenvalue weighted by Gasteiger charge is 2.76. The van der Waals surface area contributed by atoms with E-state index >= 15 is 0 Å². The molecule has 764 valence electrons. The van der Waals surface area contributed by atoms with Crippen molar-refractivity contribution in [1.82, 2.24) is 0 Å². The van der Waals surface area contributed by atoms with E-state index < -0.39 is 0 Å². The molecule has 8 saturated heterocycles. The van der Waals surface area contributed by atoms with E-state index in [0.717, 1.165) is 157 Å². The molecule has 8 unspecified atom stereocenters. The summed E-state index contributed by atoms with van der Waals surface area (Å²) in [7, 11) is 0. The topological polar surface area (TPSA) is 223 Å². The molecule has 2 aromatic carbocycles. The van der Waals surface area contributed by atoms with Gasteiger partial charge in [0.2, 0.25) is 0 Å². The predicted molar refractivity (Wildman–Crippen MR) is 530 cm³/mol. The Morgan fingerprint density at radius 3 is 0.957 bits per heavy atom. The van der Waals surface area contributed by atoms with Crippen LogP contribution in [-0.2, 0) is 57.1 Å². The average Bonchev–Trinajstić information content (AvgIpc) is 1.53. The molecule has 16 heteroatoms. The molecule has 22 fully saturated rings. The van der Waals surface area contributed by atoms with E-state index in [1.807, 2.05) is 0 Å². The summed E-state index contributed by atoms with van der Waals surface area (Å²) < 4.78 is 53.6. The second kappa shape index (κ2) is 37.2. The Morgan fingerprint density at radius 1 is 0.290 bits per heavy atom. The third-order valence-electron chi connectivity index (χ3n) is 49.1. The molecular weight excluding hydrogens is 1720 g/mol. The fraction of sp³-hybridized carbons (Fsp3) is 0.852. The molecule has 0 bridgehead atoms. The number of aliphatic hydroxyl groups is 4. The van der Waals surface area contributed by atoms with Gasteiger partial charge in [-0.1, -0.05) is 195 Å². The van der Waals surface area contributed by atoms with Crippen molar-refractivity contribution in [2.24, 2.45) is 197 Å². The first-order valence-corrected chi connectivity index (χ1v) is 57.3. The first-order chi connectivity index (χ1) is 65.9. The molecule has 26 rings (SSSR count). The summed E-state index contributed by atoms with van der Waals surface area (Å²) in [5, 5.41) is 43.5. The molecule has 4 spiro atoms. The van der Waals surface area contributed by atoms with Gasteiger partial charge in [-0.05, 0) is 402 Å². The minimum atomic E-state index is -0.338. The smallest absolute Gasteiger partial charge is 0.373 e. The lowest BCUT2D eigenvalue weighted by atomic mass is 9.43. The minimum absolute atomic E-state index is 0.107. The summed E-state index contributed by atoms with van der Waals surface area (Å²) >= 11 is 0. The largest absolute Gasteiger partial charge is 0.393 e. The van der Waals surface area contributed by atoms with E-state index in [1.54, 1.807) is 16.7 Å². The SMILES string of the molecule is CC1CC[C@@]2(OC1)O[C@H]1C[C@H]3[C@@H]4CC(O)C5C[C@@H](O)CC[C@]5(C)[C@H]4CC[C@]3(C)[C@H]1[C@@H]2C.CC1CC[C@@]2(OC1)O[C@H]1C[C@H]3[C@@H]4CC(O)C5C[C@@H](c6ccccc6)CC[C@]5(C)[C@H]4CC[C@]3(C)[C@H]1[C@@H]2C.CC1CC[C@@]2(OC1)O[C@H]1C[C@H]3[C@@H]4CC=C5C[C@@H](O)CC[C@]5(C)[C@H]4CC[C@]3(C)[C@H]1[C@@H]2C.CC1CC[C@@]2(OC1)O[C@H]1C[C@H]3[C@@H]4CC=C5C[C@@H](c6ccccc6)CC[C@]5(C)[C@H]4CC[C@]3(C)[C@H]1[C@@H]2C.O=C=O.O=C=O. The van der Waals surface area contributed by atoms with Crippen LogP contribution < -0.4 is 0 Å². The van der Waals surface area contributed by atoms with Crippen LogP contribution in [-0.4, -0.2) is 131 Å². The summed E-state index contributed by atoms with van der Waals surface area (Å²) in [5.41, 5.74) is 9.09. The van der Waals surface area contributed by atoms with E-state index in [9.17, 15) is 20.4 Å². The monoisotopic (exact) mass is 1900 g/mol. The summed E-state index contributed by atoms with van der Waals surface area (Å²) in [6.07, 6.45) is 49.5. The van der Waals surface area contributed by atoms with E-state index in [-0.39, 0.29) is 76.6 Å². The van der Waals surface area contributed by atoms with E-state index in [2.05, 4.69) is 184 Å². The summed E-state index contributed by atoms with van der Waals surface area (Å²) in [6, 6.07) is 22.4. The minimum Gasteiger partial charge on any atom is -0.393 e. The molecule has 16 aliphatic carbocycles. The zero-order valence-corrected chi connectivity index (χ0v) is 87.7. The zero-order valence-electron chi connectivity index (χ0n) is 87.7. The molecule has 0 amide bonds. The maximum Gasteiger partial charge on any atom is 0.373 e. The first kappa shape index (κ1) is 100. The van der Waals surface area contributed by atoms with Crippen molar-refractivity contribution in [1.29, 1.82) is 0 Å². The third kappa shape index (κ3) is 15.9. The Hall–Kier alpha value is -3.80. The Labute approximate surface area is 829 Å². The molecular formula is C122H180O16. The van der Waals surface area contributed by atoms with Crippen molar-refractivity contribution >= 4 is 12.3 Å². The number of ether oxygens (including phenoxy) is 8. The van der Waals surface area contributed by atoms with Crippen LogP contribution in [0.5, 0.6) is 0 Å². The molecule has 4 N–H and O–H groups in total. The number of hydrogen-bond acceptors (Lipinski definition) is 16. The molecule has 14 saturated carbocycles. The van der Waals surface area contributed by atoms with Gasteiger partial charge in [-0.2, -0.15) is 19.2 Å². The lowest BCUT2D eigenvalue weighted by Gasteiger charge is -2.62. The number of hydrogen-bond donors (Lipinski definition) is 4. The van der Waals surface area contributed by atoms with Gasteiger partial charge in [0, 0.05) is 49.4 Å². The number of rotatable bonds is 2. The number of fused-ring (bicyclic) bond motifs is 28. The van der Waals surface area contributed by atoms with Crippen molar-refractivity contribution in [2.75, 3.05) is 26.4 Å². The van der Waals surface area contributed by atoms with E-state index in [0.29, 0.717) is 169 Å². The zero-order chi connectivity index (χ0) is 96.9. The van der Waals surface area contributed by atoms with Gasteiger partial charge >= 0.3 is 12.3 Å². The maximum atomic E-state index is 11.7. The van der Waals surface area contributed by atoms with Gasteiger partial charge in [0.25, 0.3) is 0 Å². The van der Waals surface area contributed by atoms with Crippen LogP contribution >= 0.6 is 0 Å². The Kier molecular flexibility index (Phi) is 27.0. The third-order valence-corrected chi connectivity index (χ3v) is 49.1. The van der Waals surface area contributed by atoms with Crippen molar-refractivity contribution in [3.63, 3.8) is 0 Å². The van der Waals surface area contributed by atoms with Crippen molar-refractivity contribution in [3.8, 4) is 0 Å². The highest BCUT2D eigenvalue weighted by atomic mass is 16.7. The maximum absolute atomic E-state index is 11.7. The summed E-state index contributed by atoms with van der Waals surface area (Å²) in [6.45, 7) is 43.1. The molecule has 2 aromatic rings. The highest BCUT2D eigenvalue weighted by molar-refractivity contribution is 5.34. The molecule has 0 aromatic heterocycles. The van der Waals surface area contributed by atoms with Crippen molar-refractivity contribution in [2.45, 2.75) is 426 Å². The van der Waals surface area contributed by atoms with Gasteiger partial charge in [0.15, 0.2) is 23.1 Å². The van der Waals surface area contributed by atoms with Gasteiger partial charge in [-0.3, -0.25) is 0 Å². The number of aliphatic hydroxyl groups excluding tert-OH is 4. The Morgan fingerprint density at radius 2 is 0.594 bits per heavy atom. The van der Waals surface area contributed by atoms with Crippen molar-refractivity contribution < 1.29 is 77.5 Å². The van der Waals surface area contributed by atoms with Gasteiger partial charge in [0.1, 0.15) is 0 Å². The van der Waals surface area contributed by atoms with Crippen LogP contribution in [0.25, 0.3) is 0 Å². The van der Waals surface area contributed by atoms with Gasteiger partial charge < -0.3 is 58.3 Å². The molecule has 0 radical (unpaired) electrons. The number of carbonyl (C=O) groups excluding carboxylic acids is 4. The predicted octanol–water partition coefficient (Wildman–Crippen LogP) is 24.6. The van der Waals surface area contributed by atoms with Gasteiger partial charge in [0.05, 0.1) is 75.3 Å². The summed E-state index contributed by atoms with van der Waals surface area (Å²) in [4.78, 5) is 32.5. The fourth-order valence-electron chi connectivity index (χ4n) is 42.0. The first-order valence-electron chi connectivity index (χ1n) is 57.3. The second-order valence-corrected chi connectivity index (χ2v) is 54.9. The standard InChI is InChI=1S/C33H48O3.C33H46O2.C27H44O4.C27H42O3.2CO2/c1-20-10-15-33(35-19-20)21(2)30-29(36-33)18-26-24-17-28(34)27-16-23(22-8-6-5-7-9-22)11-13-31(27,3)25(24)12-14-32(26,30)4;1-21-12-17-33(34-20-21)22(2)30-29(35-33)19-28-26-11-10-25-18-24(23-8-6-5-7-9-23)13-15-31(25,3)27(26)14-16-32(28,30)4;1-15-5-10-27(30-14-15)16(2)24-23(31-27)13-20-18-12-22(29)21-11-17(28)6-8-25(21,3)19(18)7-9-26(20,24)4;1-16-7-12-27(29-15-16)17(2)24-23(30-27)14-22-20-6-5-18-13-19(28)8-10-25(18,3)21(20)9-11-26(22,24)4;2*2-1-3/h5-9,20-21,23-30,34H,10-19H2,1-4H3;5-10,21-22,24,26-30H,11-20H2,1-4H3;15-24,28-29H,5-14H2,1-4H3;5,16-17,19-24,28H,6-15H2,1-4H3;;/t20?,21-,23-,24+,25-,26-,27?,28?,29-,30-,31+,32-,33+;21?,22-,24-,26+,27-,28-,29-,30-,31-,32-,33+;15?,16-,17-,18+,19-,20-,21?,22?,23-,24-,25+,26-,27+;16?,17-,19-,20+,21-,22-,23-,24-,25-,26-,27+;;/m0000../s1. The van der Waals surface area contributed by atoms with Gasteiger partial charge in [-0.15, -0.1) is 0 Å². The van der Waals surface area contributed by atoms with E-state index in [4.69, 9.17) is 57.1 Å². The fourth-order valence-corrected chi connectivity index (χ4v) is 42.0. The lowest BCUT2D eigenvalue weighted by Crippen LogP contribution is -2.58. The van der Waals surface area contributed by atoms with Crippen LogP contribution in [0.4, 0.5) is 0 Å². The molecule has 48 atom stereocenters. The molecule has 24 aliphatic rings.